The average Bonchev–Trinajstić information content (AvgIpc) is 2.73. The van der Waals surface area contributed by atoms with Crippen molar-refractivity contribution in [2.45, 2.75) is 17.7 Å². The summed E-state index contributed by atoms with van der Waals surface area (Å²) in [5.41, 5.74) is 2.29. The molecule has 28 heavy (non-hydrogen) atoms. The molecule has 0 bridgehead atoms. The van der Waals surface area contributed by atoms with Gasteiger partial charge in [0.05, 0.1) is 5.66 Å². The summed E-state index contributed by atoms with van der Waals surface area (Å²) in [4.78, 5) is 4.22. The number of benzene rings is 2. The van der Waals surface area contributed by atoms with E-state index < -0.39 is 5.60 Å². The van der Waals surface area contributed by atoms with E-state index in [0.717, 1.165) is 28.8 Å². The number of rotatable bonds is 6. The highest BCUT2D eigenvalue weighted by Gasteiger charge is 2.38. The lowest BCUT2D eigenvalue weighted by Gasteiger charge is -2.41. The lowest BCUT2D eigenvalue weighted by atomic mass is 9.77. The summed E-state index contributed by atoms with van der Waals surface area (Å²) in [6, 6.07) is 18.0. The molecule has 2 aromatic rings. The van der Waals surface area contributed by atoms with Gasteiger partial charge in [-0.05, 0) is 56.1 Å². The zero-order valence-corrected chi connectivity index (χ0v) is 17.5. The molecule has 2 N–H and O–H groups in total. The second-order valence-electron chi connectivity index (χ2n) is 7.78. The highest BCUT2D eigenvalue weighted by atomic mass is 16.3. The Balaban J connectivity index is 2.08. The normalized spacial score (nSPS) is 21.3. The van der Waals surface area contributed by atoms with Crippen LogP contribution in [0.3, 0.4) is 0 Å². The van der Waals surface area contributed by atoms with Crippen molar-refractivity contribution in [2.75, 3.05) is 40.1 Å². The maximum Gasteiger partial charge on any atom is 0.140 e. The predicted molar refractivity (Wildman–Crippen MR) is 118 cm³/mol. The number of anilines is 1. The predicted octanol–water partition coefficient (Wildman–Crippen LogP) is 3.35. The van der Waals surface area contributed by atoms with Gasteiger partial charge in [-0.15, -0.1) is 0 Å². The van der Waals surface area contributed by atoms with Gasteiger partial charge in [0.25, 0.3) is 0 Å². The lowest BCUT2D eigenvalue weighted by Crippen LogP contribution is -2.53. The van der Waals surface area contributed by atoms with E-state index in [-0.39, 0.29) is 5.66 Å². The second kappa shape index (κ2) is 7.92. The van der Waals surface area contributed by atoms with Crippen molar-refractivity contribution in [2.24, 2.45) is 0 Å². The Kier molecular flexibility index (Phi) is 5.75. The van der Waals surface area contributed by atoms with Gasteiger partial charge in [0.15, 0.2) is 0 Å². The van der Waals surface area contributed by atoms with Gasteiger partial charge in [-0.2, -0.15) is 0 Å². The zero-order valence-electron chi connectivity index (χ0n) is 17.5. The summed E-state index contributed by atoms with van der Waals surface area (Å²) in [5.74, 6) is 0. The van der Waals surface area contributed by atoms with Crippen LogP contribution in [-0.4, -0.2) is 50.9 Å². The van der Waals surface area contributed by atoms with E-state index in [1.54, 1.807) is 0 Å². The molecule has 0 amide bonds. The third-order valence-electron chi connectivity index (χ3n) is 5.81. The molecule has 3 rings (SSSR count). The highest BCUT2D eigenvalue weighted by Crippen LogP contribution is 2.40. The van der Waals surface area contributed by atoms with E-state index in [4.69, 9.17) is 0 Å². The fourth-order valence-electron chi connectivity index (χ4n) is 3.82. The van der Waals surface area contributed by atoms with Crippen LogP contribution >= 0.6 is 0 Å². The molecule has 2 atom stereocenters. The van der Waals surface area contributed by atoms with Crippen LogP contribution in [0.4, 0.5) is 5.69 Å². The Morgan fingerprint density at radius 3 is 2.00 bits per heavy atom. The number of hydrogen-bond acceptors (Lipinski definition) is 4. The Bertz CT molecular complexity index is 855. The van der Waals surface area contributed by atoms with E-state index >= 15 is 0 Å². The average molecular weight is 378 g/mol. The van der Waals surface area contributed by atoms with Crippen LogP contribution in [0.2, 0.25) is 0 Å². The van der Waals surface area contributed by atoms with Crippen LogP contribution in [0.15, 0.2) is 78.4 Å². The molecule has 148 valence electrons. The Labute approximate surface area is 168 Å². The van der Waals surface area contributed by atoms with Crippen LogP contribution in [0, 0.1) is 0 Å². The van der Waals surface area contributed by atoms with Crippen molar-refractivity contribution in [3.8, 4) is 0 Å². The van der Waals surface area contributed by atoms with E-state index in [1.807, 2.05) is 81.8 Å². The number of likely N-dealkylation sites (N-methyl/N-ethyl adjacent to an activating group) is 2. The second-order valence-corrected chi connectivity index (χ2v) is 7.78. The molecule has 2 unspecified atom stereocenters. The fraction of sp³-hybridized carbons (Fsp3) is 0.333. The molecule has 0 spiro atoms. The standard InChI is InChI=1S/C24H31N3O/c1-25-23(27(4)5)17-15-21(16-18-23)24(28,19-9-7-6-8-10-19)20-11-13-22(14-12-20)26(2)3/h6-17,25,28H,18H2,1-5H3. The van der Waals surface area contributed by atoms with Gasteiger partial charge in [-0.25, -0.2) is 0 Å². The fourth-order valence-corrected chi connectivity index (χ4v) is 3.82. The van der Waals surface area contributed by atoms with Crippen molar-refractivity contribution >= 4 is 5.69 Å². The summed E-state index contributed by atoms with van der Waals surface area (Å²) in [5, 5.41) is 15.4. The molecule has 1 aliphatic carbocycles. The van der Waals surface area contributed by atoms with Gasteiger partial charge in [-0.1, -0.05) is 54.6 Å². The first kappa shape index (κ1) is 20.3. The first-order valence-corrected chi connectivity index (χ1v) is 9.65. The molecule has 1 aliphatic rings. The molecule has 0 saturated carbocycles. The molecule has 0 heterocycles. The molecule has 0 aliphatic heterocycles. The van der Waals surface area contributed by atoms with Crippen molar-refractivity contribution in [1.29, 1.82) is 0 Å². The number of aliphatic hydroxyl groups is 1. The molecule has 0 saturated heterocycles. The Morgan fingerprint density at radius 1 is 0.929 bits per heavy atom. The van der Waals surface area contributed by atoms with E-state index in [9.17, 15) is 5.11 Å². The first-order chi connectivity index (χ1) is 13.3. The number of nitrogens with zero attached hydrogens (tertiary/aromatic N) is 2. The lowest BCUT2D eigenvalue weighted by molar-refractivity contribution is 0.120. The van der Waals surface area contributed by atoms with Gasteiger partial charge >= 0.3 is 0 Å². The minimum atomic E-state index is -1.20. The molecule has 4 heteroatoms. The minimum Gasteiger partial charge on any atom is -0.378 e. The zero-order chi connectivity index (χ0) is 20.4. The summed E-state index contributed by atoms with van der Waals surface area (Å²) < 4.78 is 0. The summed E-state index contributed by atoms with van der Waals surface area (Å²) in [6.07, 6.45) is 7.11. The maximum atomic E-state index is 12.0. The van der Waals surface area contributed by atoms with Crippen LogP contribution in [0.1, 0.15) is 17.5 Å². The molecule has 2 aromatic carbocycles. The quantitative estimate of drug-likeness (QED) is 0.758. The molecule has 0 aromatic heterocycles. The van der Waals surface area contributed by atoms with Crippen molar-refractivity contribution < 1.29 is 5.11 Å². The molecule has 0 fully saturated rings. The largest absolute Gasteiger partial charge is 0.378 e. The monoisotopic (exact) mass is 377 g/mol. The van der Waals surface area contributed by atoms with E-state index in [1.165, 1.54) is 0 Å². The van der Waals surface area contributed by atoms with E-state index in [2.05, 4.69) is 41.4 Å². The number of hydrogen-bond donors (Lipinski definition) is 2. The van der Waals surface area contributed by atoms with E-state index in [0.29, 0.717) is 0 Å². The van der Waals surface area contributed by atoms with Crippen LogP contribution < -0.4 is 10.2 Å². The van der Waals surface area contributed by atoms with Gasteiger partial charge in [0.2, 0.25) is 0 Å². The third kappa shape index (κ3) is 3.51. The number of nitrogens with one attached hydrogen (secondary N) is 1. The van der Waals surface area contributed by atoms with Crippen molar-refractivity contribution in [3.63, 3.8) is 0 Å². The highest BCUT2D eigenvalue weighted by molar-refractivity contribution is 5.54. The molecular weight excluding hydrogens is 346 g/mol. The van der Waals surface area contributed by atoms with Crippen LogP contribution in [-0.2, 0) is 5.60 Å². The maximum absolute atomic E-state index is 12.0. The van der Waals surface area contributed by atoms with Crippen molar-refractivity contribution in [3.05, 3.63) is 89.5 Å². The van der Waals surface area contributed by atoms with Gasteiger partial charge in [0, 0.05) is 26.2 Å². The van der Waals surface area contributed by atoms with Crippen LogP contribution in [0.25, 0.3) is 0 Å². The molecule has 0 radical (unpaired) electrons. The van der Waals surface area contributed by atoms with Gasteiger partial charge in [0.1, 0.15) is 5.60 Å². The van der Waals surface area contributed by atoms with Gasteiger partial charge in [-0.3, -0.25) is 10.2 Å². The summed E-state index contributed by atoms with van der Waals surface area (Å²) in [6.45, 7) is 0. The van der Waals surface area contributed by atoms with Crippen LogP contribution in [0.5, 0.6) is 0 Å². The minimum absolute atomic E-state index is 0.240. The Hall–Kier alpha value is -2.40. The molecule has 4 nitrogen and oxygen atoms in total. The summed E-state index contributed by atoms with van der Waals surface area (Å²) in [7, 11) is 10.1. The topological polar surface area (TPSA) is 38.7 Å². The SMILES string of the molecule is CNC1(N(C)C)C=CC(C(O)(c2ccccc2)c2ccc(N(C)C)cc2)=CC1. The molecular formula is C24H31N3O. The first-order valence-electron chi connectivity index (χ1n) is 9.65. The van der Waals surface area contributed by atoms with Gasteiger partial charge < -0.3 is 10.0 Å². The van der Waals surface area contributed by atoms with Crippen molar-refractivity contribution in [1.82, 2.24) is 10.2 Å². The Morgan fingerprint density at radius 2 is 1.54 bits per heavy atom. The third-order valence-corrected chi connectivity index (χ3v) is 5.81. The smallest absolute Gasteiger partial charge is 0.140 e. The summed E-state index contributed by atoms with van der Waals surface area (Å²) >= 11 is 0.